The first-order valence-electron chi connectivity index (χ1n) is 11.7. The molecule has 0 atom stereocenters. The molecule has 4 rings (SSSR count). The third-order valence-electron chi connectivity index (χ3n) is 5.93. The van der Waals surface area contributed by atoms with Gasteiger partial charge < -0.3 is 14.6 Å². The lowest BCUT2D eigenvalue weighted by atomic mass is 10.2. The van der Waals surface area contributed by atoms with Gasteiger partial charge >= 0.3 is 0 Å². The van der Waals surface area contributed by atoms with Crippen molar-refractivity contribution in [3.05, 3.63) is 59.9 Å². The van der Waals surface area contributed by atoms with Crippen LogP contribution in [0.2, 0.25) is 0 Å². The van der Waals surface area contributed by atoms with E-state index in [2.05, 4.69) is 59.3 Å². The van der Waals surface area contributed by atoms with Crippen LogP contribution in [0.25, 0.3) is 11.0 Å². The summed E-state index contributed by atoms with van der Waals surface area (Å²) in [5, 5.41) is 3.06. The second-order valence-corrected chi connectivity index (χ2v) is 8.39. The standard InChI is InChI=1S/C26H33N3O2/c1-2-20-11-15-22(16-12-20)31-19-6-5-18-29-24-9-4-3-8-23(24)28-25(29)10-7-17-27-26(30)21-13-14-21/h3-4,8-9,11-12,15-16,21H,2,5-7,10,13-14,17-19H2,1H3,(H,27,30). The first kappa shape index (κ1) is 21.4. The molecule has 0 bridgehead atoms. The van der Waals surface area contributed by atoms with Crippen LogP contribution in [0.4, 0.5) is 0 Å². The number of aromatic nitrogens is 2. The Kier molecular flexibility index (Phi) is 7.23. The van der Waals surface area contributed by atoms with Crippen molar-refractivity contribution in [3.63, 3.8) is 0 Å². The van der Waals surface area contributed by atoms with E-state index in [0.29, 0.717) is 0 Å². The van der Waals surface area contributed by atoms with Crippen molar-refractivity contribution >= 4 is 16.9 Å². The second-order valence-electron chi connectivity index (χ2n) is 8.39. The van der Waals surface area contributed by atoms with Gasteiger partial charge in [0.2, 0.25) is 5.91 Å². The number of ether oxygens (including phenoxy) is 1. The number of para-hydroxylation sites is 2. The molecule has 5 heteroatoms. The van der Waals surface area contributed by atoms with E-state index < -0.39 is 0 Å². The Labute approximate surface area is 184 Å². The van der Waals surface area contributed by atoms with Gasteiger partial charge in [0.05, 0.1) is 17.6 Å². The van der Waals surface area contributed by atoms with E-state index in [-0.39, 0.29) is 11.8 Å². The summed E-state index contributed by atoms with van der Waals surface area (Å²) >= 11 is 0. The Hall–Kier alpha value is -2.82. The predicted octanol–water partition coefficient (Wildman–Crippen LogP) is 4.92. The summed E-state index contributed by atoms with van der Waals surface area (Å²) in [5.41, 5.74) is 3.57. The molecule has 1 N–H and O–H groups in total. The van der Waals surface area contributed by atoms with Crippen LogP contribution in [0.1, 0.15) is 50.4 Å². The van der Waals surface area contributed by atoms with Crippen LogP contribution in [0, 0.1) is 5.92 Å². The Bertz CT molecular complexity index is 990. The number of hydrogen-bond acceptors (Lipinski definition) is 3. The highest BCUT2D eigenvalue weighted by molar-refractivity contribution is 5.80. The number of imidazole rings is 1. The summed E-state index contributed by atoms with van der Waals surface area (Å²) in [6, 6.07) is 16.7. The molecule has 1 aliphatic rings. The lowest BCUT2D eigenvalue weighted by molar-refractivity contribution is -0.122. The summed E-state index contributed by atoms with van der Waals surface area (Å²) in [7, 11) is 0. The molecule has 2 aromatic carbocycles. The molecule has 164 valence electrons. The van der Waals surface area contributed by atoms with Crippen molar-refractivity contribution in [2.75, 3.05) is 13.2 Å². The molecule has 5 nitrogen and oxygen atoms in total. The Morgan fingerprint density at radius 1 is 1.10 bits per heavy atom. The minimum Gasteiger partial charge on any atom is -0.494 e. The monoisotopic (exact) mass is 419 g/mol. The number of rotatable bonds is 12. The number of nitrogens with zero attached hydrogens (tertiary/aromatic N) is 2. The topological polar surface area (TPSA) is 56.1 Å². The summed E-state index contributed by atoms with van der Waals surface area (Å²) in [6.45, 7) is 4.54. The van der Waals surface area contributed by atoms with Crippen molar-refractivity contribution < 1.29 is 9.53 Å². The van der Waals surface area contributed by atoms with Crippen LogP contribution in [0.5, 0.6) is 5.75 Å². The Morgan fingerprint density at radius 2 is 1.90 bits per heavy atom. The van der Waals surface area contributed by atoms with Crippen LogP contribution in [-0.2, 0) is 24.2 Å². The fourth-order valence-electron chi connectivity index (χ4n) is 3.90. The van der Waals surface area contributed by atoms with Gasteiger partial charge in [-0.1, -0.05) is 31.2 Å². The van der Waals surface area contributed by atoms with Crippen LogP contribution in [0.15, 0.2) is 48.5 Å². The Morgan fingerprint density at radius 3 is 2.68 bits per heavy atom. The van der Waals surface area contributed by atoms with Crippen molar-refractivity contribution in [1.82, 2.24) is 14.9 Å². The zero-order chi connectivity index (χ0) is 21.5. The van der Waals surface area contributed by atoms with Crippen LogP contribution in [0.3, 0.4) is 0 Å². The number of aryl methyl sites for hydroxylation is 3. The summed E-state index contributed by atoms with van der Waals surface area (Å²) in [5.74, 6) is 2.55. The molecule has 1 fully saturated rings. The molecular weight excluding hydrogens is 386 g/mol. The van der Waals surface area contributed by atoms with Gasteiger partial charge in [-0.3, -0.25) is 4.79 Å². The van der Waals surface area contributed by atoms with E-state index in [1.807, 2.05) is 6.07 Å². The number of carbonyl (C=O) groups is 1. The van der Waals surface area contributed by atoms with E-state index in [1.54, 1.807) is 0 Å². The number of fused-ring (bicyclic) bond motifs is 1. The fourth-order valence-corrected chi connectivity index (χ4v) is 3.90. The van der Waals surface area contributed by atoms with Crippen molar-refractivity contribution in [1.29, 1.82) is 0 Å². The number of nitrogens with one attached hydrogen (secondary N) is 1. The first-order chi connectivity index (χ1) is 15.2. The lowest BCUT2D eigenvalue weighted by Crippen LogP contribution is -2.26. The molecule has 1 heterocycles. The average molecular weight is 420 g/mol. The zero-order valence-corrected chi connectivity index (χ0v) is 18.5. The SMILES string of the molecule is CCc1ccc(OCCCCn2c(CCCNC(=O)C3CC3)nc3ccccc32)cc1. The largest absolute Gasteiger partial charge is 0.494 e. The number of benzene rings is 2. The molecule has 0 spiro atoms. The maximum Gasteiger partial charge on any atom is 0.223 e. The van der Waals surface area contributed by atoms with Crippen LogP contribution in [-0.4, -0.2) is 28.6 Å². The highest BCUT2D eigenvalue weighted by Gasteiger charge is 2.29. The maximum atomic E-state index is 11.8. The first-order valence-corrected chi connectivity index (χ1v) is 11.7. The highest BCUT2D eigenvalue weighted by atomic mass is 16.5. The number of carbonyl (C=O) groups excluding carboxylic acids is 1. The van der Waals surface area contributed by atoms with Gasteiger partial charge in [0.15, 0.2) is 0 Å². The normalized spacial score (nSPS) is 13.5. The van der Waals surface area contributed by atoms with Gasteiger partial charge in [0.25, 0.3) is 0 Å². The van der Waals surface area contributed by atoms with Gasteiger partial charge in [-0.25, -0.2) is 4.98 Å². The summed E-state index contributed by atoms with van der Waals surface area (Å²) in [6.07, 6.45) is 6.98. The third kappa shape index (κ3) is 5.87. The number of unbranched alkanes of at least 4 members (excludes halogenated alkanes) is 1. The molecule has 0 unspecified atom stereocenters. The quantitative estimate of drug-likeness (QED) is 0.424. The van der Waals surface area contributed by atoms with Gasteiger partial charge in [0.1, 0.15) is 11.6 Å². The number of amides is 1. The molecule has 1 saturated carbocycles. The molecule has 1 amide bonds. The molecule has 1 aromatic heterocycles. The molecule has 1 aliphatic carbocycles. The average Bonchev–Trinajstić information content (AvgIpc) is 3.60. The van der Waals surface area contributed by atoms with Crippen molar-refractivity contribution in [2.45, 2.75) is 58.4 Å². The van der Waals surface area contributed by atoms with Gasteiger partial charge in [0, 0.05) is 25.4 Å². The van der Waals surface area contributed by atoms with Gasteiger partial charge in [-0.05, 0) is 68.4 Å². The van der Waals surface area contributed by atoms with E-state index in [9.17, 15) is 4.79 Å². The second kappa shape index (κ2) is 10.5. The molecule has 3 aromatic rings. The number of hydrogen-bond donors (Lipinski definition) is 1. The molecule has 0 saturated heterocycles. The van der Waals surface area contributed by atoms with E-state index in [4.69, 9.17) is 9.72 Å². The minimum atomic E-state index is 0.220. The molecule has 0 aliphatic heterocycles. The van der Waals surface area contributed by atoms with E-state index in [0.717, 1.165) is 81.7 Å². The van der Waals surface area contributed by atoms with E-state index in [1.165, 1.54) is 11.1 Å². The lowest BCUT2D eigenvalue weighted by Gasteiger charge is -2.11. The van der Waals surface area contributed by atoms with Gasteiger partial charge in [-0.2, -0.15) is 0 Å². The fraction of sp³-hybridized carbons (Fsp3) is 0.462. The maximum absolute atomic E-state index is 11.8. The van der Waals surface area contributed by atoms with Gasteiger partial charge in [-0.15, -0.1) is 0 Å². The van der Waals surface area contributed by atoms with Crippen molar-refractivity contribution in [3.8, 4) is 5.75 Å². The van der Waals surface area contributed by atoms with E-state index >= 15 is 0 Å². The zero-order valence-electron chi connectivity index (χ0n) is 18.5. The summed E-state index contributed by atoms with van der Waals surface area (Å²) < 4.78 is 8.25. The molecule has 0 radical (unpaired) electrons. The van der Waals surface area contributed by atoms with Crippen LogP contribution >= 0.6 is 0 Å². The highest BCUT2D eigenvalue weighted by Crippen LogP contribution is 2.28. The van der Waals surface area contributed by atoms with Crippen molar-refractivity contribution in [2.24, 2.45) is 5.92 Å². The minimum absolute atomic E-state index is 0.220. The molecule has 31 heavy (non-hydrogen) atoms. The third-order valence-corrected chi connectivity index (χ3v) is 5.93. The predicted molar refractivity (Wildman–Crippen MR) is 124 cm³/mol. The Balaban J connectivity index is 1.27. The summed E-state index contributed by atoms with van der Waals surface area (Å²) in [4.78, 5) is 16.7. The van der Waals surface area contributed by atoms with Crippen LogP contribution < -0.4 is 10.1 Å². The smallest absolute Gasteiger partial charge is 0.223 e. The molecular formula is C26H33N3O2.